The van der Waals surface area contributed by atoms with Crippen molar-refractivity contribution in [2.45, 2.75) is 39.5 Å². The van der Waals surface area contributed by atoms with Crippen molar-refractivity contribution in [3.63, 3.8) is 0 Å². The second-order valence-corrected chi connectivity index (χ2v) is 7.42. The molecule has 0 amide bonds. The second-order valence-electron chi connectivity index (χ2n) is 7.42. The van der Waals surface area contributed by atoms with E-state index in [1.165, 1.54) is 26.0 Å². The van der Waals surface area contributed by atoms with E-state index in [4.69, 9.17) is 4.74 Å². The molecule has 2 aromatic carbocycles. The number of ketones is 1. The van der Waals surface area contributed by atoms with Crippen LogP contribution in [0.15, 0.2) is 59.4 Å². The number of benzene rings is 2. The van der Waals surface area contributed by atoms with Gasteiger partial charge in [0, 0.05) is 17.3 Å². The Morgan fingerprint density at radius 3 is 2.36 bits per heavy atom. The Bertz CT molecular complexity index is 1250. The molecular weight excluding hydrogens is 437 g/mol. The van der Waals surface area contributed by atoms with Crippen LogP contribution in [0.3, 0.4) is 0 Å². The summed E-state index contributed by atoms with van der Waals surface area (Å²) in [6, 6.07) is 12.2. The standard InChI is InChI=1S/C24H21F3N2O4/c1-4-16-8-10-17(11-9-16)22(31)15(3)33-23(32)21-20(30)12-14(2)29(28-21)19-7-5-6-18(13-19)24(25,26)27/h5-13,15H,4H2,1-3H3. The molecule has 1 aromatic heterocycles. The number of hydrogen-bond donors (Lipinski definition) is 0. The van der Waals surface area contributed by atoms with Crippen LogP contribution in [0.1, 0.15) is 51.5 Å². The molecule has 3 rings (SSSR count). The number of ether oxygens (including phenoxy) is 1. The third-order valence-electron chi connectivity index (χ3n) is 5.02. The van der Waals surface area contributed by atoms with Crippen LogP contribution in [0.2, 0.25) is 0 Å². The van der Waals surface area contributed by atoms with Gasteiger partial charge in [0.25, 0.3) is 0 Å². The molecule has 172 valence electrons. The van der Waals surface area contributed by atoms with Crippen molar-refractivity contribution in [1.29, 1.82) is 0 Å². The molecule has 1 unspecified atom stereocenters. The van der Waals surface area contributed by atoms with Gasteiger partial charge in [-0.15, -0.1) is 0 Å². The van der Waals surface area contributed by atoms with Crippen LogP contribution in [0.4, 0.5) is 13.2 Å². The van der Waals surface area contributed by atoms with E-state index in [9.17, 15) is 27.6 Å². The number of carbonyl (C=O) groups is 2. The first-order chi connectivity index (χ1) is 15.5. The van der Waals surface area contributed by atoms with Crippen molar-refractivity contribution in [3.05, 3.63) is 92.9 Å². The summed E-state index contributed by atoms with van der Waals surface area (Å²) in [7, 11) is 0. The molecule has 0 N–H and O–H groups in total. The van der Waals surface area contributed by atoms with E-state index in [-0.39, 0.29) is 11.4 Å². The van der Waals surface area contributed by atoms with Gasteiger partial charge in [-0.25, -0.2) is 9.48 Å². The Labute approximate surface area is 187 Å². The van der Waals surface area contributed by atoms with E-state index in [0.29, 0.717) is 5.56 Å². The Morgan fingerprint density at radius 1 is 1.09 bits per heavy atom. The lowest BCUT2D eigenvalue weighted by Gasteiger charge is -2.15. The van der Waals surface area contributed by atoms with Gasteiger partial charge in [-0.3, -0.25) is 9.59 Å². The highest BCUT2D eigenvalue weighted by Gasteiger charge is 2.31. The maximum absolute atomic E-state index is 13.1. The lowest BCUT2D eigenvalue weighted by Crippen LogP contribution is -2.29. The third kappa shape index (κ3) is 5.36. The monoisotopic (exact) mass is 458 g/mol. The fourth-order valence-corrected chi connectivity index (χ4v) is 3.17. The predicted octanol–water partition coefficient (Wildman–Crippen LogP) is 4.55. The van der Waals surface area contributed by atoms with E-state index in [1.807, 2.05) is 6.92 Å². The minimum atomic E-state index is -4.57. The summed E-state index contributed by atoms with van der Waals surface area (Å²) in [5.74, 6) is -1.61. The molecule has 6 nitrogen and oxygen atoms in total. The van der Waals surface area contributed by atoms with Gasteiger partial charge in [-0.05, 0) is 44.0 Å². The molecule has 0 radical (unpaired) electrons. The number of carbonyl (C=O) groups excluding carboxylic acids is 2. The zero-order valence-corrected chi connectivity index (χ0v) is 18.1. The molecule has 0 saturated carbocycles. The average Bonchev–Trinajstić information content (AvgIpc) is 2.78. The van der Waals surface area contributed by atoms with Crippen LogP contribution in [0.5, 0.6) is 0 Å². The normalized spacial score (nSPS) is 12.3. The molecular formula is C24H21F3N2O4. The van der Waals surface area contributed by atoms with E-state index < -0.39 is 40.7 Å². The van der Waals surface area contributed by atoms with Crippen molar-refractivity contribution in [2.24, 2.45) is 0 Å². The van der Waals surface area contributed by atoms with E-state index in [2.05, 4.69) is 5.10 Å². The van der Waals surface area contributed by atoms with Crippen LogP contribution >= 0.6 is 0 Å². The maximum Gasteiger partial charge on any atom is 0.416 e. The highest BCUT2D eigenvalue weighted by atomic mass is 19.4. The first-order valence-electron chi connectivity index (χ1n) is 10.1. The van der Waals surface area contributed by atoms with Gasteiger partial charge in [-0.1, -0.05) is 37.3 Å². The maximum atomic E-state index is 13.1. The number of esters is 1. The van der Waals surface area contributed by atoms with E-state index in [0.717, 1.165) is 34.9 Å². The molecule has 3 aromatic rings. The van der Waals surface area contributed by atoms with Gasteiger partial charge >= 0.3 is 12.1 Å². The van der Waals surface area contributed by atoms with Crippen molar-refractivity contribution >= 4 is 11.8 Å². The largest absolute Gasteiger partial charge is 0.449 e. The summed E-state index contributed by atoms with van der Waals surface area (Å²) in [5.41, 5.74) is -0.711. The van der Waals surface area contributed by atoms with E-state index in [1.54, 1.807) is 24.3 Å². The number of aryl methyl sites for hydroxylation is 2. The lowest BCUT2D eigenvalue weighted by atomic mass is 10.0. The van der Waals surface area contributed by atoms with Crippen LogP contribution in [0.25, 0.3) is 5.69 Å². The van der Waals surface area contributed by atoms with Gasteiger partial charge in [0.05, 0.1) is 11.3 Å². The smallest absolute Gasteiger partial charge is 0.416 e. The first-order valence-corrected chi connectivity index (χ1v) is 10.1. The van der Waals surface area contributed by atoms with Crippen LogP contribution in [-0.4, -0.2) is 27.6 Å². The summed E-state index contributed by atoms with van der Waals surface area (Å²) in [4.78, 5) is 37.5. The van der Waals surface area contributed by atoms with Gasteiger partial charge < -0.3 is 4.74 Å². The number of aromatic nitrogens is 2. The van der Waals surface area contributed by atoms with Crippen LogP contribution < -0.4 is 5.43 Å². The van der Waals surface area contributed by atoms with Gasteiger partial charge in [0.1, 0.15) is 0 Å². The van der Waals surface area contributed by atoms with E-state index >= 15 is 0 Å². The number of nitrogens with zero attached hydrogens (tertiary/aromatic N) is 2. The molecule has 0 saturated heterocycles. The number of rotatable bonds is 6. The van der Waals surface area contributed by atoms with Crippen molar-refractivity contribution in [2.75, 3.05) is 0 Å². The number of halogens is 3. The summed E-state index contributed by atoms with van der Waals surface area (Å²) < 4.78 is 45.4. The summed E-state index contributed by atoms with van der Waals surface area (Å²) >= 11 is 0. The number of hydrogen-bond acceptors (Lipinski definition) is 5. The Hall–Kier alpha value is -3.75. The summed E-state index contributed by atoms with van der Waals surface area (Å²) in [6.07, 6.45) is -4.97. The van der Waals surface area contributed by atoms with Gasteiger partial charge in [0.15, 0.2) is 6.10 Å². The Kier molecular flexibility index (Phi) is 6.81. The molecule has 1 heterocycles. The fraction of sp³-hybridized carbons (Fsp3) is 0.250. The zero-order chi connectivity index (χ0) is 24.3. The topological polar surface area (TPSA) is 78.3 Å². The fourth-order valence-electron chi connectivity index (χ4n) is 3.17. The zero-order valence-electron chi connectivity index (χ0n) is 18.1. The lowest BCUT2D eigenvalue weighted by molar-refractivity contribution is -0.137. The highest BCUT2D eigenvalue weighted by Crippen LogP contribution is 2.30. The molecule has 33 heavy (non-hydrogen) atoms. The minimum Gasteiger partial charge on any atom is -0.449 e. The Balaban J connectivity index is 1.88. The molecule has 0 fully saturated rings. The van der Waals surface area contributed by atoms with Crippen molar-refractivity contribution in [3.8, 4) is 5.69 Å². The molecule has 0 spiro atoms. The summed E-state index contributed by atoms with van der Waals surface area (Å²) in [6.45, 7) is 4.81. The quantitative estimate of drug-likeness (QED) is 0.400. The molecule has 1 atom stereocenters. The minimum absolute atomic E-state index is 0.0107. The van der Waals surface area contributed by atoms with Gasteiger partial charge in [0.2, 0.25) is 16.9 Å². The van der Waals surface area contributed by atoms with Gasteiger partial charge in [-0.2, -0.15) is 18.3 Å². The summed E-state index contributed by atoms with van der Waals surface area (Å²) in [5, 5.41) is 3.92. The van der Waals surface area contributed by atoms with Crippen LogP contribution in [0, 0.1) is 6.92 Å². The Morgan fingerprint density at radius 2 is 1.76 bits per heavy atom. The first kappa shape index (κ1) is 23.9. The third-order valence-corrected chi connectivity index (χ3v) is 5.02. The average molecular weight is 458 g/mol. The molecule has 0 aliphatic rings. The van der Waals surface area contributed by atoms with Crippen molar-refractivity contribution < 1.29 is 27.5 Å². The second kappa shape index (κ2) is 9.40. The number of Topliss-reactive ketones (excluding diaryl/α,β-unsaturated/α-hetero) is 1. The molecule has 0 bridgehead atoms. The molecule has 9 heteroatoms. The highest BCUT2D eigenvalue weighted by molar-refractivity contribution is 6.01. The predicted molar refractivity (Wildman–Crippen MR) is 115 cm³/mol. The van der Waals surface area contributed by atoms with Crippen LogP contribution in [-0.2, 0) is 17.3 Å². The SMILES string of the molecule is CCc1ccc(C(=O)C(C)OC(=O)c2nn(-c3cccc(C(F)(F)F)c3)c(C)cc2=O)cc1. The number of alkyl halides is 3. The molecule has 0 aliphatic heterocycles. The molecule has 0 aliphatic carbocycles. The van der Waals surface area contributed by atoms with Crippen molar-refractivity contribution in [1.82, 2.24) is 9.78 Å².